The number of nitrogens with zero attached hydrogens (tertiary/aromatic N) is 2. The number of H-pyrrole nitrogens is 1. The molecule has 0 radical (unpaired) electrons. The summed E-state index contributed by atoms with van der Waals surface area (Å²) in [5.74, 6) is -0.332. The molecule has 3 rings (SSSR count). The standard InChI is InChI=1S/C14H14N4O2/c19-13-9-18(7-6-15-13)14(20)12-8-11(16-17-12)10-4-2-1-3-5-10/h1-5,8H,6-7,9H2,(H,15,19)(H,16,17). The minimum atomic E-state index is -0.200. The first kappa shape index (κ1) is 12.4. The van der Waals surface area contributed by atoms with Crippen molar-refractivity contribution < 1.29 is 9.59 Å². The van der Waals surface area contributed by atoms with Crippen molar-refractivity contribution in [1.29, 1.82) is 0 Å². The van der Waals surface area contributed by atoms with E-state index in [1.165, 1.54) is 4.90 Å². The summed E-state index contributed by atoms with van der Waals surface area (Å²) < 4.78 is 0. The number of aromatic amines is 1. The molecule has 2 amide bonds. The van der Waals surface area contributed by atoms with Gasteiger partial charge in [0.25, 0.3) is 5.91 Å². The van der Waals surface area contributed by atoms with Gasteiger partial charge in [0.15, 0.2) is 0 Å². The molecule has 2 heterocycles. The van der Waals surface area contributed by atoms with E-state index in [0.29, 0.717) is 18.8 Å². The number of benzene rings is 1. The number of carbonyl (C=O) groups is 2. The van der Waals surface area contributed by atoms with Gasteiger partial charge in [0, 0.05) is 18.7 Å². The number of amides is 2. The Bertz CT molecular complexity index is 636. The molecule has 1 fully saturated rings. The van der Waals surface area contributed by atoms with Crippen LogP contribution in [0, 0.1) is 0 Å². The van der Waals surface area contributed by atoms with E-state index >= 15 is 0 Å². The van der Waals surface area contributed by atoms with E-state index < -0.39 is 0 Å². The molecule has 0 atom stereocenters. The van der Waals surface area contributed by atoms with E-state index in [4.69, 9.17) is 0 Å². The lowest BCUT2D eigenvalue weighted by molar-refractivity contribution is -0.123. The number of hydrogen-bond donors (Lipinski definition) is 2. The Kier molecular flexibility index (Phi) is 3.20. The third-order valence-corrected chi connectivity index (χ3v) is 3.20. The van der Waals surface area contributed by atoms with Gasteiger partial charge in [0.1, 0.15) is 5.69 Å². The van der Waals surface area contributed by atoms with Crippen LogP contribution < -0.4 is 5.32 Å². The van der Waals surface area contributed by atoms with Gasteiger partial charge in [-0.05, 0) is 6.07 Å². The van der Waals surface area contributed by atoms with Gasteiger partial charge in [-0.15, -0.1) is 0 Å². The molecule has 6 nitrogen and oxygen atoms in total. The average Bonchev–Trinajstić information content (AvgIpc) is 2.97. The Balaban J connectivity index is 1.80. The van der Waals surface area contributed by atoms with Crippen LogP contribution in [0.2, 0.25) is 0 Å². The first-order valence-electron chi connectivity index (χ1n) is 6.41. The van der Waals surface area contributed by atoms with Crippen molar-refractivity contribution in [1.82, 2.24) is 20.4 Å². The van der Waals surface area contributed by atoms with Crippen LogP contribution in [-0.4, -0.2) is 46.5 Å². The van der Waals surface area contributed by atoms with Crippen LogP contribution in [-0.2, 0) is 4.79 Å². The minimum Gasteiger partial charge on any atom is -0.353 e. The summed E-state index contributed by atoms with van der Waals surface area (Å²) in [5.41, 5.74) is 2.06. The molecule has 1 saturated heterocycles. The quantitative estimate of drug-likeness (QED) is 0.841. The highest BCUT2D eigenvalue weighted by Gasteiger charge is 2.23. The Hall–Kier alpha value is -2.63. The Morgan fingerprint density at radius 3 is 2.80 bits per heavy atom. The van der Waals surface area contributed by atoms with E-state index in [9.17, 15) is 9.59 Å². The second kappa shape index (κ2) is 5.16. The second-order valence-corrected chi connectivity index (χ2v) is 4.61. The van der Waals surface area contributed by atoms with Crippen molar-refractivity contribution >= 4 is 11.8 Å². The van der Waals surface area contributed by atoms with E-state index in [-0.39, 0.29) is 18.4 Å². The molecule has 2 aromatic rings. The Labute approximate surface area is 115 Å². The summed E-state index contributed by atoms with van der Waals surface area (Å²) >= 11 is 0. The molecule has 102 valence electrons. The summed E-state index contributed by atoms with van der Waals surface area (Å²) in [6, 6.07) is 11.3. The molecular formula is C14H14N4O2. The van der Waals surface area contributed by atoms with Crippen molar-refractivity contribution in [3.63, 3.8) is 0 Å². The van der Waals surface area contributed by atoms with Crippen LogP contribution >= 0.6 is 0 Å². The maximum Gasteiger partial charge on any atom is 0.272 e. The molecule has 0 bridgehead atoms. The normalized spacial score (nSPS) is 15.0. The average molecular weight is 270 g/mol. The van der Waals surface area contributed by atoms with Gasteiger partial charge in [-0.3, -0.25) is 14.7 Å². The van der Waals surface area contributed by atoms with Crippen LogP contribution in [0.25, 0.3) is 11.3 Å². The fraction of sp³-hybridized carbons (Fsp3) is 0.214. The summed E-state index contributed by atoms with van der Waals surface area (Å²) in [6.07, 6.45) is 0. The van der Waals surface area contributed by atoms with Crippen LogP contribution in [0.3, 0.4) is 0 Å². The maximum atomic E-state index is 12.3. The van der Waals surface area contributed by atoms with Gasteiger partial charge in [0.05, 0.1) is 12.2 Å². The number of aromatic nitrogens is 2. The zero-order valence-corrected chi connectivity index (χ0v) is 10.8. The molecule has 0 spiro atoms. The SMILES string of the molecule is O=C1CN(C(=O)c2cc(-c3ccccc3)n[nH]2)CCN1. The lowest BCUT2D eigenvalue weighted by Gasteiger charge is -2.25. The van der Waals surface area contributed by atoms with E-state index in [0.717, 1.165) is 11.3 Å². The minimum absolute atomic E-state index is 0.0958. The van der Waals surface area contributed by atoms with Crippen molar-refractivity contribution in [3.05, 3.63) is 42.1 Å². The summed E-state index contributed by atoms with van der Waals surface area (Å²) in [4.78, 5) is 25.1. The highest BCUT2D eigenvalue weighted by atomic mass is 16.2. The molecule has 1 aromatic carbocycles. The molecule has 6 heteroatoms. The number of carbonyl (C=O) groups excluding carboxylic acids is 2. The fourth-order valence-corrected chi connectivity index (χ4v) is 2.17. The molecule has 1 aromatic heterocycles. The van der Waals surface area contributed by atoms with Gasteiger partial charge in [0.2, 0.25) is 5.91 Å². The van der Waals surface area contributed by atoms with Gasteiger partial charge in [-0.1, -0.05) is 30.3 Å². The van der Waals surface area contributed by atoms with Crippen molar-refractivity contribution in [2.45, 2.75) is 0 Å². The first-order valence-corrected chi connectivity index (χ1v) is 6.41. The molecule has 1 aliphatic heterocycles. The van der Waals surface area contributed by atoms with Gasteiger partial charge in [-0.25, -0.2) is 0 Å². The molecule has 0 aliphatic carbocycles. The molecule has 1 aliphatic rings. The zero-order chi connectivity index (χ0) is 13.9. The van der Waals surface area contributed by atoms with Gasteiger partial charge < -0.3 is 10.2 Å². The van der Waals surface area contributed by atoms with E-state index in [1.54, 1.807) is 6.07 Å². The summed E-state index contributed by atoms with van der Waals surface area (Å²) in [6.45, 7) is 1.10. The summed E-state index contributed by atoms with van der Waals surface area (Å²) in [7, 11) is 0. The lowest BCUT2D eigenvalue weighted by Crippen LogP contribution is -2.50. The number of rotatable bonds is 2. The molecule has 0 unspecified atom stereocenters. The Morgan fingerprint density at radius 1 is 1.25 bits per heavy atom. The molecule has 0 saturated carbocycles. The van der Waals surface area contributed by atoms with Gasteiger partial charge in [-0.2, -0.15) is 5.10 Å². The predicted molar refractivity (Wildman–Crippen MR) is 72.9 cm³/mol. The second-order valence-electron chi connectivity index (χ2n) is 4.61. The third kappa shape index (κ3) is 2.40. The summed E-state index contributed by atoms with van der Waals surface area (Å²) in [5, 5.41) is 9.58. The highest BCUT2D eigenvalue weighted by Crippen LogP contribution is 2.17. The number of nitrogens with one attached hydrogen (secondary N) is 2. The largest absolute Gasteiger partial charge is 0.353 e. The first-order chi connectivity index (χ1) is 9.74. The highest BCUT2D eigenvalue weighted by molar-refractivity contribution is 5.96. The molecular weight excluding hydrogens is 256 g/mol. The molecule has 20 heavy (non-hydrogen) atoms. The van der Waals surface area contributed by atoms with E-state index in [1.807, 2.05) is 30.3 Å². The predicted octanol–water partition coefficient (Wildman–Crippen LogP) is 0.649. The topological polar surface area (TPSA) is 78.1 Å². The maximum absolute atomic E-state index is 12.3. The Morgan fingerprint density at radius 2 is 2.05 bits per heavy atom. The van der Waals surface area contributed by atoms with Crippen LogP contribution in [0.5, 0.6) is 0 Å². The third-order valence-electron chi connectivity index (χ3n) is 3.20. The van der Waals surface area contributed by atoms with Crippen molar-refractivity contribution in [2.24, 2.45) is 0 Å². The van der Waals surface area contributed by atoms with Crippen LogP contribution in [0.15, 0.2) is 36.4 Å². The van der Waals surface area contributed by atoms with Crippen molar-refractivity contribution in [2.75, 3.05) is 19.6 Å². The van der Waals surface area contributed by atoms with E-state index in [2.05, 4.69) is 15.5 Å². The molecule has 2 N–H and O–H groups in total. The smallest absolute Gasteiger partial charge is 0.272 e. The van der Waals surface area contributed by atoms with Gasteiger partial charge >= 0.3 is 0 Å². The zero-order valence-electron chi connectivity index (χ0n) is 10.8. The number of piperazine rings is 1. The van der Waals surface area contributed by atoms with Crippen LogP contribution in [0.4, 0.5) is 0 Å². The monoisotopic (exact) mass is 270 g/mol. The van der Waals surface area contributed by atoms with Crippen LogP contribution in [0.1, 0.15) is 10.5 Å². The fourth-order valence-electron chi connectivity index (χ4n) is 2.17. The lowest BCUT2D eigenvalue weighted by atomic mass is 10.1. The number of hydrogen-bond acceptors (Lipinski definition) is 3. The van der Waals surface area contributed by atoms with Crippen molar-refractivity contribution in [3.8, 4) is 11.3 Å².